The molecule has 1 N–H and O–H groups in total. The molecule has 0 radical (unpaired) electrons. The first-order valence-corrected chi connectivity index (χ1v) is 6.93. The minimum atomic E-state index is 0.288. The molecule has 0 aliphatic carbocycles. The Balaban J connectivity index is 2.53. The van der Waals surface area contributed by atoms with E-state index in [0.717, 1.165) is 23.9 Å². The number of hydrogen-bond donors (Lipinski definition) is 1. The Morgan fingerprint density at radius 2 is 2.12 bits per heavy atom. The van der Waals surface area contributed by atoms with E-state index in [0.29, 0.717) is 0 Å². The molecular formula is C13H22N2S. The van der Waals surface area contributed by atoms with Gasteiger partial charge in [0.25, 0.3) is 0 Å². The lowest BCUT2D eigenvalue weighted by atomic mass is 9.97. The Morgan fingerprint density at radius 3 is 2.75 bits per heavy atom. The maximum absolute atomic E-state index is 4.33. The summed E-state index contributed by atoms with van der Waals surface area (Å²) in [7, 11) is 0. The highest BCUT2D eigenvalue weighted by Crippen LogP contribution is 2.17. The zero-order chi connectivity index (χ0) is 12.0. The SMILES string of the molecule is CCSCc1ccnc(NCC(C)(C)C)c1. The van der Waals surface area contributed by atoms with E-state index in [1.165, 1.54) is 5.56 Å². The van der Waals surface area contributed by atoms with Gasteiger partial charge in [-0.15, -0.1) is 0 Å². The highest BCUT2D eigenvalue weighted by Gasteiger charge is 2.09. The molecule has 2 nitrogen and oxygen atoms in total. The van der Waals surface area contributed by atoms with E-state index < -0.39 is 0 Å². The molecule has 0 aliphatic rings. The molecule has 90 valence electrons. The van der Waals surface area contributed by atoms with Crippen molar-refractivity contribution in [2.45, 2.75) is 33.4 Å². The summed E-state index contributed by atoms with van der Waals surface area (Å²) in [6.07, 6.45) is 1.89. The molecule has 0 atom stereocenters. The van der Waals surface area contributed by atoms with Gasteiger partial charge in [0, 0.05) is 18.5 Å². The van der Waals surface area contributed by atoms with Gasteiger partial charge in [0.2, 0.25) is 0 Å². The number of thioether (sulfide) groups is 1. The topological polar surface area (TPSA) is 24.9 Å². The highest BCUT2D eigenvalue weighted by atomic mass is 32.2. The Labute approximate surface area is 103 Å². The zero-order valence-corrected chi connectivity index (χ0v) is 11.5. The molecule has 1 aromatic heterocycles. The Kier molecular flexibility index (Phi) is 5.13. The number of hydrogen-bond acceptors (Lipinski definition) is 3. The van der Waals surface area contributed by atoms with E-state index >= 15 is 0 Å². The zero-order valence-electron chi connectivity index (χ0n) is 10.7. The quantitative estimate of drug-likeness (QED) is 0.844. The molecule has 1 rings (SSSR count). The summed E-state index contributed by atoms with van der Waals surface area (Å²) >= 11 is 1.94. The van der Waals surface area contributed by atoms with E-state index in [9.17, 15) is 0 Å². The van der Waals surface area contributed by atoms with E-state index in [1.54, 1.807) is 0 Å². The summed E-state index contributed by atoms with van der Waals surface area (Å²) in [5, 5.41) is 3.38. The fraction of sp³-hybridized carbons (Fsp3) is 0.615. The lowest BCUT2D eigenvalue weighted by molar-refractivity contribution is 0.442. The van der Waals surface area contributed by atoms with Crippen LogP contribution in [0.5, 0.6) is 0 Å². The van der Waals surface area contributed by atoms with Crippen molar-refractivity contribution in [1.82, 2.24) is 4.98 Å². The van der Waals surface area contributed by atoms with Crippen LogP contribution in [0.25, 0.3) is 0 Å². The van der Waals surface area contributed by atoms with E-state index in [4.69, 9.17) is 0 Å². The molecule has 0 spiro atoms. The minimum Gasteiger partial charge on any atom is -0.370 e. The third-order valence-corrected chi connectivity index (χ3v) is 3.04. The fourth-order valence-corrected chi connectivity index (χ4v) is 1.86. The van der Waals surface area contributed by atoms with Gasteiger partial charge in [-0.25, -0.2) is 4.98 Å². The standard InChI is InChI=1S/C13H22N2S/c1-5-16-9-11-6-7-14-12(8-11)15-10-13(2,3)4/h6-8H,5,9-10H2,1-4H3,(H,14,15). The Bertz CT molecular complexity index is 318. The number of pyridine rings is 1. The second kappa shape index (κ2) is 6.14. The van der Waals surface area contributed by atoms with Gasteiger partial charge in [-0.1, -0.05) is 27.7 Å². The summed E-state index contributed by atoms with van der Waals surface area (Å²) in [6, 6.07) is 4.24. The van der Waals surface area contributed by atoms with E-state index in [1.807, 2.05) is 18.0 Å². The third-order valence-electron chi connectivity index (χ3n) is 2.10. The van der Waals surface area contributed by atoms with Crippen molar-refractivity contribution in [2.24, 2.45) is 5.41 Å². The van der Waals surface area contributed by atoms with Crippen molar-refractivity contribution in [3.05, 3.63) is 23.9 Å². The Hall–Kier alpha value is -0.700. The first kappa shape index (κ1) is 13.4. The van der Waals surface area contributed by atoms with Crippen molar-refractivity contribution in [3.63, 3.8) is 0 Å². The molecule has 0 aromatic carbocycles. The number of nitrogens with zero attached hydrogens (tertiary/aromatic N) is 1. The minimum absolute atomic E-state index is 0.288. The second-order valence-corrected chi connectivity index (χ2v) is 6.37. The first-order chi connectivity index (χ1) is 7.51. The fourth-order valence-electron chi connectivity index (χ4n) is 1.24. The van der Waals surface area contributed by atoms with Crippen LogP contribution in [0.4, 0.5) is 5.82 Å². The summed E-state index contributed by atoms with van der Waals surface area (Å²) in [5.74, 6) is 3.22. The van der Waals surface area contributed by atoms with Crippen molar-refractivity contribution in [1.29, 1.82) is 0 Å². The summed E-state index contributed by atoms with van der Waals surface area (Å²) in [4.78, 5) is 4.33. The molecule has 1 aromatic rings. The van der Waals surface area contributed by atoms with Gasteiger partial charge in [-0.3, -0.25) is 0 Å². The van der Waals surface area contributed by atoms with Crippen LogP contribution in [0, 0.1) is 5.41 Å². The third kappa shape index (κ3) is 5.40. The van der Waals surface area contributed by atoms with Gasteiger partial charge in [-0.2, -0.15) is 11.8 Å². The van der Waals surface area contributed by atoms with Crippen LogP contribution >= 0.6 is 11.8 Å². The lowest BCUT2D eigenvalue weighted by Gasteiger charge is -2.19. The molecule has 3 heteroatoms. The van der Waals surface area contributed by atoms with E-state index in [-0.39, 0.29) is 5.41 Å². The lowest BCUT2D eigenvalue weighted by Crippen LogP contribution is -2.19. The maximum atomic E-state index is 4.33. The molecular weight excluding hydrogens is 216 g/mol. The van der Waals surface area contributed by atoms with Crippen LogP contribution in [-0.2, 0) is 5.75 Å². The van der Waals surface area contributed by atoms with E-state index in [2.05, 4.69) is 50.1 Å². The molecule has 0 amide bonds. The van der Waals surface area contributed by atoms with Gasteiger partial charge < -0.3 is 5.32 Å². The predicted octanol–water partition coefficient (Wildman–Crippen LogP) is 3.79. The van der Waals surface area contributed by atoms with Crippen LogP contribution in [-0.4, -0.2) is 17.3 Å². The van der Waals surface area contributed by atoms with Gasteiger partial charge in [0.05, 0.1) is 0 Å². The van der Waals surface area contributed by atoms with Crippen molar-refractivity contribution in [2.75, 3.05) is 17.6 Å². The van der Waals surface area contributed by atoms with Gasteiger partial charge in [0.15, 0.2) is 0 Å². The molecule has 0 bridgehead atoms. The van der Waals surface area contributed by atoms with Crippen LogP contribution in [0.3, 0.4) is 0 Å². The van der Waals surface area contributed by atoms with Gasteiger partial charge in [0.1, 0.15) is 5.82 Å². The first-order valence-electron chi connectivity index (χ1n) is 5.78. The van der Waals surface area contributed by atoms with Gasteiger partial charge in [-0.05, 0) is 28.9 Å². The monoisotopic (exact) mass is 238 g/mol. The highest BCUT2D eigenvalue weighted by molar-refractivity contribution is 7.98. The van der Waals surface area contributed by atoms with Crippen LogP contribution < -0.4 is 5.32 Å². The number of nitrogens with one attached hydrogen (secondary N) is 1. The average molecular weight is 238 g/mol. The van der Waals surface area contributed by atoms with Crippen molar-refractivity contribution in [3.8, 4) is 0 Å². The van der Waals surface area contributed by atoms with Gasteiger partial charge >= 0.3 is 0 Å². The van der Waals surface area contributed by atoms with Crippen molar-refractivity contribution >= 4 is 17.6 Å². The molecule has 16 heavy (non-hydrogen) atoms. The van der Waals surface area contributed by atoms with Crippen LogP contribution in [0.2, 0.25) is 0 Å². The number of anilines is 1. The molecule has 0 saturated heterocycles. The Morgan fingerprint density at radius 1 is 1.38 bits per heavy atom. The maximum Gasteiger partial charge on any atom is 0.126 e. The second-order valence-electron chi connectivity index (χ2n) is 5.10. The average Bonchev–Trinajstić information content (AvgIpc) is 2.23. The smallest absolute Gasteiger partial charge is 0.126 e. The summed E-state index contributed by atoms with van der Waals surface area (Å²) < 4.78 is 0. The summed E-state index contributed by atoms with van der Waals surface area (Å²) in [5.41, 5.74) is 1.63. The van der Waals surface area contributed by atoms with Crippen molar-refractivity contribution < 1.29 is 0 Å². The number of rotatable bonds is 5. The number of aromatic nitrogens is 1. The molecule has 0 saturated carbocycles. The molecule has 0 aliphatic heterocycles. The van der Waals surface area contributed by atoms with Crippen LogP contribution in [0.15, 0.2) is 18.3 Å². The summed E-state index contributed by atoms with van der Waals surface area (Å²) in [6.45, 7) is 9.79. The predicted molar refractivity (Wildman–Crippen MR) is 74.0 cm³/mol. The molecule has 1 heterocycles. The molecule has 0 fully saturated rings. The normalized spacial score (nSPS) is 11.5. The van der Waals surface area contributed by atoms with Crippen LogP contribution in [0.1, 0.15) is 33.3 Å². The largest absolute Gasteiger partial charge is 0.370 e. The molecule has 0 unspecified atom stereocenters.